The summed E-state index contributed by atoms with van der Waals surface area (Å²) in [5.74, 6) is 2.07. The molecule has 2 aliphatic rings. The van der Waals surface area contributed by atoms with Crippen LogP contribution in [0.15, 0.2) is 30.7 Å². The van der Waals surface area contributed by atoms with Crippen LogP contribution in [-0.2, 0) is 16.1 Å². The maximum atomic E-state index is 12.7. The maximum Gasteiger partial charge on any atom is 0.225 e. The number of piperidine rings is 1. The van der Waals surface area contributed by atoms with Gasteiger partial charge in [-0.15, -0.1) is 0 Å². The molecule has 6 heteroatoms. The summed E-state index contributed by atoms with van der Waals surface area (Å²) < 4.78 is 7.69. The van der Waals surface area contributed by atoms with Crippen LogP contribution in [0.3, 0.4) is 0 Å². The van der Waals surface area contributed by atoms with Crippen LogP contribution in [0.25, 0.3) is 11.4 Å². The Balaban J connectivity index is 1.37. The molecular formula is C21H28N4O2. The average molecular weight is 368 g/mol. The van der Waals surface area contributed by atoms with Gasteiger partial charge in [-0.3, -0.25) is 9.78 Å². The van der Waals surface area contributed by atoms with Crippen molar-refractivity contribution in [2.24, 2.45) is 11.8 Å². The first kappa shape index (κ1) is 18.2. The van der Waals surface area contributed by atoms with Gasteiger partial charge >= 0.3 is 0 Å². The van der Waals surface area contributed by atoms with Crippen LogP contribution in [0.4, 0.5) is 0 Å². The number of imidazole rings is 1. The van der Waals surface area contributed by atoms with E-state index < -0.39 is 0 Å². The lowest BCUT2D eigenvalue weighted by Crippen LogP contribution is -2.43. The number of aromatic nitrogens is 3. The molecule has 0 N–H and O–H groups in total. The smallest absolute Gasteiger partial charge is 0.225 e. The maximum absolute atomic E-state index is 12.7. The van der Waals surface area contributed by atoms with Crippen molar-refractivity contribution in [3.05, 3.63) is 36.4 Å². The molecule has 2 aromatic heterocycles. The van der Waals surface area contributed by atoms with E-state index in [2.05, 4.69) is 32.4 Å². The summed E-state index contributed by atoms with van der Waals surface area (Å²) in [5, 5.41) is 0. The Bertz CT molecular complexity index is 760. The van der Waals surface area contributed by atoms with Crippen molar-refractivity contribution < 1.29 is 9.53 Å². The highest BCUT2D eigenvalue weighted by atomic mass is 16.5. The Labute approximate surface area is 160 Å². The van der Waals surface area contributed by atoms with Gasteiger partial charge in [-0.1, -0.05) is 0 Å². The predicted molar refractivity (Wildman–Crippen MR) is 103 cm³/mol. The van der Waals surface area contributed by atoms with E-state index in [4.69, 9.17) is 4.74 Å². The number of aryl methyl sites for hydroxylation is 1. The predicted octanol–water partition coefficient (Wildman–Crippen LogP) is 2.92. The number of carbonyl (C=O) groups is 1. The van der Waals surface area contributed by atoms with Gasteiger partial charge in [-0.25, -0.2) is 4.98 Å². The largest absolute Gasteiger partial charge is 0.381 e. The number of carbonyl (C=O) groups excluding carboxylic acids is 1. The van der Waals surface area contributed by atoms with E-state index in [1.54, 1.807) is 6.20 Å². The molecule has 0 atom stereocenters. The summed E-state index contributed by atoms with van der Waals surface area (Å²) in [6, 6.07) is 4.00. The molecule has 6 nitrogen and oxygen atoms in total. The van der Waals surface area contributed by atoms with Gasteiger partial charge in [0.05, 0.1) is 0 Å². The first-order chi connectivity index (χ1) is 13.2. The van der Waals surface area contributed by atoms with Crippen LogP contribution in [-0.4, -0.2) is 51.6 Å². The zero-order valence-corrected chi connectivity index (χ0v) is 16.0. The van der Waals surface area contributed by atoms with Gasteiger partial charge in [0.1, 0.15) is 5.82 Å². The lowest BCUT2D eigenvalue weighted by Gasteiger charge is -2.35. The van der Waals surface area contributed by atoms with E-state index in [1.165, 1.54) is 5.69 Å². The molecule has 0 unspecified atom stereocenters. The Kier molecular flexibility index (Phi) is 5.53. The first-order valence-corrected chi connectivity index (χ1v) is 10.0. The van der Waals surface area contributed by atoms with E-state index in [1.807, 2.05) is 18.5 Å². The molecule has 27 heavy (non-hydrogen) atoms. The minimum Gasteiger partial charge on any atom is -0.381 e. The minimum atomic E-state index is 0.170. The lowest BCUT2D eigenvalue weighted by atomic mass is 9.93. The van der Waals surface area contributed by atoms with Crippen LogP contribution < -0.4 is 0 Å². The van der Waals surface area contributed by atoms with Gasteiger partial charge in [0.15, 0.2) is 0 Å². The van der Waals surface area contributed by atoms with Crippen molar-refractivity contribution in [1.82, 2.24) is 19.4 Å². The number of ether oxygens (including phenoxy) is 1. The fraction of sp³-hybridized carbons (Fsp3) is 0.571. The molecule has 2 aromatic rings. The molecule has 0 spiro atoms. The van der Waals surface area contributed by atoms with Crippen LogP contribution in [0.5, 0.6) is 0 Å². The van der Waals surface area contributed by atoms with Crippen molar-refractivity contribution in [2.75, 3.05) is 26.3 Å². The molecular weight excluding hydrogens is 340 g/mol. The van der Waals surface area contributed by atoms with Crippen molar-refractivity contribution in [3.8, 4) is 11.4 Å². The zero-order valence-electron chi connectivity index (χ0n) is 16.0. The van der Waals surface area contributed by atoms with Crippen LogP contribution in [0.1, 0.15) is 31.4 Å². The molecule has 1 amide bonds. The van der Waals surface area contributed by atoms with E-state index in [0.717, 1.165) is 69.9 Å². The van der Waals surface area contributed by atoms with Crippen LogP contribution in [0.2, 0.25) is 0 Å². The number of likely N-dealkylation sites (tertiary alicyclic amines) is 1. The van der Waals surface area contributed by atoms with Gasteiger partial charge in [0, 0.05) is 68.6 Å². The molecule has 144 valence electrons. The normalized spacial score (nSPS) is 19.4. The molecule has 2 saturated heterocycles. The Hall–Kier alpha value is -2.21. The Morgan fingerprint density at radius 2 is 1.96 bits per heavy atom. The number of rotatable bonds is 4. The highest BCUT2D eigenvalue weighted by molar-refractivity contribution is 5.79. The zero-order chi connectivity index (χ0) is 18.6. The average Bonchev–Trinajstić information content (AvgIpc) is 3.09. The molecule has 0 saturated carbocycles. The van der Waals surface area contributed by atoms with Crippen molar-refractivity contribution in [2.45, 2.75) is 39.2 Å². The quantitative estimate of drug-likeness (QED) is 0.833. The summed E-state index contributed by atoms with van der Waals surface area (Å²) >= 11 is 0. The fourth-order valence-corrected chi connectivity index (χ4v) is 4.21. The standard InChI is InChI=1S/C21H28N4O2/c1-16-13-23-20(19-3-2-8-22-14-19)25(16)15-17-4-9-24(10-5-17)21(26)18-6-11-27-12-7-18/h2-3,8,13-14,17-18H,4-7,9-12,15H2,1H3. The number of nitrogens with zero attached hydrogens (tertiary/aromatic N) is 4. The summed E-state index contributed by atoms with van der Waals surface area (Å²) in [4.78, 5) is 23.6. The van der Waals surface area contributed by atoms with Crippen molar-refractivity contribution in [1.29, 1.82) is 0 Å². The van der Waals surface area contributed by atoms with Crippen LogP contribution in [0, 0.1) is 18.8 Å². The summed E-state index contributed by atoms with van der Waals surface area (Å²) in [6.07, 6.45) is 9.45. The third-order valence-corrected chi connectivity index (χ3v) is 5.91. The molecule has 0 aliphatic carbocycles. The van der Waals surface area contributed by atoms with E-state index in [-0.39, 0.29) is 5.92 Å². The molecule has 0 aromatic carbocycles. The molecule has 2 fully saturated rings. The monoisotopic (exact) mass is 368 g/mol. The SMILES string of the molecule is Cc1cnc(-c2cccnc2)n1CC1CCN(C(=O)C2CCOCC2)CC1. The van der Waals surface area contributed by atoms with Gasteiger partial charge in [-0.05, 0) is 50.7 Å². The first-order valence-electron chi connectivity index (χ1n) is 10.0. The lowest BCUT2D eigenvalue weighted by molar-refractivity contribution is -0.140. The van der Waals surface area contributed by atoms with Gasteiger partial charge in [0.25, 0.3) is 0 Å². The van der Waals surface area contributed by atoms with Gasteiger partial charge < -0.3 is 14.2 Å². The topological polar surface area (TPSA) is 60.2 Å². The molecule has 0 bridgehead atoms. The third-order valence-electron chi connectivity index (χ3n) is 5.91. The summed E-state index contributed by atoms with van der Waals surface area (Å²) in [5.41, 5.74) is 2.23. The molecule has 4 rings (SSSR count). The van der Waals surface area contributed by atoms with Gasteiger partial charge in [0.2, 0.25) is 5.91 Å². The Morgan fingerprint density at radius 3 is 2.67 bits per heavy atom. The number of pyridine rings is 1. The number of hydrogen-bond acceptors (Lipinski definition) is 4. The fourth-order valence-electron chi connectivity index (χ4n) is 4.21. The van der Waals surface area contributed by atoms with E-state index >= 15 is 0 Å². The second-order valence-electron chi connectivity index (χ2n) is 7.73. The number of amides is 1. The van der Waals surface area contributed by atoms with Crippen molar-refractivity contribution >= 4 is 5.91 Å². The van der Waals surface area contributed by atoms with E-state index in [0.29, 0.717) is 11.8 Å². The molecule has 4 heterocycles. The Morgan fingerprint density at radius 1 is 1.19 bits per heavy atom. The molecule has 2 aliphatic heterocycles. The van der Waals surface area contributed by atoms with E-state index in [9.17, 15) is 4.79 Å². The minimum absolute atomic E-state index is 0.170. The van der Waals surface area contributed by atoms with Crippen LogP contribution >= 0.6 is 0 Å². The summed E-state index contributed by atoms with van der Waals surface area (Å²) in [7, 11) is 0. The highest BCUT2D eigenvalue weighted by Gasteiger charge is 2.29. The third kappa shape index (κ3) is 4.05. The van der Waals surface area contributed by atoms with Gasteiger partial charge in [-0.2, -0.15) is 0 Å². The second kappa shape index (κ2) is 8.21. The molecule has 0 radical (unpaired) electrons. The number of hydrogen-bond donors (Lipinski definition) is 0. The van der Waals surface area contributed by atoms with Crippen molar-refractivity contribution in [3.63, 3.8) is 0 Å². The highest BCUT2D eigenvalue weighted by Crippen LogP contribution is 2.26. The summed E-state index contributed by atoms with van der Waals surface area (Å²) in [6.45, 7) is 6.26. The second-order valence-corrected chi connectivity index (χ2v) is 7.73.